The summed E-state index contributed by atoms with van der Waals surface area (Å²) in [6.07, 6.45) is 9.24. The van der Waals surface area contributed by atoms with Gasteiger partial charge in [0.2, 0.25) is 0 Å². The fraction of sp³-hybridized carbons (Fsp3) is 0.135. The van der Waals surface area contributed by atoms with Crippen LogP contribution in [-0.4, -0.2) is 14.1 Å². The van der Waals surface area contributed by atoms with E-state index in [4.69, 9.17) is 9.72 Å². The van der Waals surface area contributed by atoms with Crippen molar-refractivity contribution >= 4 is 21.8 Å². The summed E-state index contributed by atoms with van der Waals surface area (Å²) >= 11 is 0. The van der Waals surface area contributed by atoms with Gasteiger partial charge in [-0.1, -0.05) is 62.7 Å². The predicted molar refractivity (Wildman–Crippen MR) is 166 cm³/mol. The molecule has 0 fully saturated rings. The van der Waals surface area contributed by atoms with Crippen LogP contribution in [0.1, 0.15) is 31.9 Å². The van der Waals surface area contributed by atoms with Crippen LogP contribution < -0.4 is 9.30 Å². The summed E-state index contributed by atoms with van der Waals surface area (Å²) in [6, 6.07) is 37.8. The molecule has 0 saturated heterocycles. The first-order valence-electron chi connectivity index (χ1n) is 14.1. The number of nitrogens with zero attached hydrogens (tertiary/aromatic N) is 4. The van der Waals surface area contributed by atoms with Crippen LogP contribution in [0.3, 0.4) is 0 Å². The molecule has 0 unspecified atom stereocenters. The second-order valence-corrected chi connectivity index (χ2v) is 11.5. The van der Waals surface area contributed by atoms with Crippen LogP contribution in [0, 0.1) is 25.4 Å². The molecule has 0 aliphatic heterocycles. The summed E-state index contributed by atoms with van der Waals surface area (Å²) in [5.74, 6) is 2.07. The molecular formula is C37H30N4OPt-2. The monoisotopic (exact) mass is 741 g/mol. The molecule has 43 heavy (non-hydrogen) atoms. The van der Waals surface area contributed by atoms with Gasteiger partial charge in [0, 0.05) is 56.7 Å². The van der Waals surface area contributed by atoms with Gasteiger partial charge in [0.15, 0.2) is 0 Å². The summed E-state index contributed by atoms with van der Waals surface area (Å²) in [5.41, 5.74) is 6.33. The van der Waals surface area contributed by atoms with Crippen molar-refractivity contribution in [1.29, 1.82) is 0 Å². The molecule has 5 nitrogen and oxygen atoms in total. The molecule has 3 heterocycles. The summed E-state index contributed by atoms with van der Waals surface area (Å²) < 4.78 is 12.4. The zero-order valence-electron chi connectivity index (χ0n) is 24.4. The van der Waals surface area contributed by atoms with Crippen LogP contribution in [-0.2, 0) is 26.5 Å². The van der Waals surface area contributed by atoms with Gasteiger partial charge in [-0.25, -0.2) is 4.98 Å². The van der Waals surface area contributed by atoms with Gasteiger partial charge in [-0.05, 0) is 58.8 Å². The maximum atomic E-state index is 6.35. The van der Waals surface area contributed by atoms with Crippen molar-refractivity contribution in [2.75, 3.05) is 0 Å². The van der Waals surface area contributed by atoms with E-state index < -0.39 is 0 Å². The summed E-state index contributed by atoms with van der Waals surface area (Å²) in [5, 5.41) is 2.25. The van der Waals surface area contributed by atoms with E-state index >= 15 is 0 Å². The van der Waals surface area contributed by atoms with Gasteiger partial charge in [-0.15, -0.1) is 29.7 Å². The Balaban J connectivity index is 0.00000329. The smallest absolute Gasteiger partial charge is 0.267 e. The van der Waals surface area contributed by atoms with Gasteiger partial charge in [0.05, 0.1) is 5.69 Å². The number of hydrogen-bond acceptors (Lipinski definition) is 2. The van der Waals surface area contributed by atoms with Crippen LogP contribution >= 0.6 is 0 Å². The largest absolute Gasteiger partial charge is 0.510 e. The molecule has 0 aliphatic carbocycles. The number of benzene rings is 4. The Morgan fingerprint density at radius 2 is 1.60 bits per heavy atom. The van der Waals surface area contributed by atoms with Crippen LogP contribution in [0.5, 0.6) is 11.5 Å². The summed E-state index contributed by atoms with van der Waals surface area (Å²) in [6.45, 7) is 8.75. The third kappa shape index (κ3) is 5.42. The SMILES string of the molecule is Cc1ccccc1-[n+]1[c-]n(-c2[c-]c(Oc3[c-]c4c(cc3)c3ccccc3n4-c3cc(C(C)(C)C)ccn3)ccc2)cc1.[Pt]. The molecule has 0 atom stereocenters. The number of aromatic nitrogens is 4. The van der Waals surface area contributed by atoms with Crippen molar-refractivity contribution < 1.29 is 30.4 Å². The molecule has 0 aliphatic rings. The van der Waals surface area contributed by atoms with E-state index in [1.54, 1.807) is 0 Å². The number of hydrogen-bond donors (Lipinski definition) is 0. The molecule has 4 aromatic carbocycles. The molecule has 0 amide bonds. The quantitative estimate of drug-likeness (QED) is 0.132. The number of ether oxygens (including phenoxy) is 1. The van der Waals surface area contributed by atoms with Gasteiger partial charge in [-0.3, -0.25) is 4.57 Å². The summed E-state index contributed by atoms with van der Waals surface area (Å²) in [7, 11) is 0. The number of fused-ring (bicyclic) bond motifs is 3. The first-order valence-corrected chi connectivity index (χ1v) is 14.1. The minimum absolute atomic E-state index is 0. The van der Waals surface area contributed by atoms with E-state index in [1.807, 2.05) is 64.1 Å². The average molecular weight is 742 g/mol. The van der Waals surface area contributed by atoms with Crippen molar-refractivity contribution in [3.63, 3.8) is 0 Å². The Morgan fingerprint density at radius 1 is 0.814 bits per heavy atom. The van der Waals surface area contributed by atoms with E-state index in [-0.39, 0.29) is 26.5 Å². The third-order valence-electron chi connectivity index (χ3n) is 7.59. The number of para-hydroxylation sites is 2. The second kappa shape index (κ2) is 11.3. The fourth-order valence-electron chi connectivity index (χ4n) is 5.35. The molecule has 3 aromatic heterocycles. The average Bonchev–Trinajstić information content (AvgIpc) is 3.60. The van der Waals surface area contributed by atoms with E-state index in [9.17, 15) is 0 Å². The maximum Gasteiger partial charge on any atom is 0.267 e. The second-order valence-electron chi connectivity index (χ2n) is 11.5. The van der Waals surface area contributed by atoms with Gasteiger partial charge in [0.25, 0.3) is 6.33 Å². The van der Waals surface area contributed by atoms with Crippen LogP contribution in [0.25, 0.3) is 39.0 Å². The fourth-order valence-corrected chi connectivity index (χ4v) is 5.35. The van der Waals surface area contributed by atoms with Crippen LogP contribution in [0.2, 0.25) is 0 Å². The predicted octanol–water partition coefficient (Wildman–Crippen LogP) is 8.04. The Hall–Kier alpha value is -4.47. The van der Waals surface area contributed by atoms with Gasteiger partial charge in [0.1, 0.15) is 5.82 Å². The third-order valence-corrected chi connectivity index (χ3v) is 7.59. The van der Waals surface area contributed by atoms with Gasteiger partial charge < -0.3 is 13.9 Å². The first-order chi connectivity index (χ1) is 20.3. The first kappa shape index (κ1) is 28.6. The van der Waals surface area contributed by atoms with E-state index in [1.165, 1.54) is 11.1 Å². The van der Waals surface area contributed by atoms with Crippen molar-refractivity contribution in [1.82, 2.24) is 14.1 Å². The number of aryl methyl sites for hydroxylation is 1. The summed E-state index contributed by atoms with van der Waals surface area (Å²) in [4.78, 5) is 4.77. The molecule has 0 spiro atoms. The van der Waals surface area contributed by atoms with Crippen LogP contribution in [0.4, 0.5) is 0 Å². The number of imidazole rings is 1. The molecule has 6 heteroatoms. The standard InChI is InChI=1S/C37H30N4O.Pt/c1-26-10-5-7-14-33(26)40-21-20-39(25-40)28-11-9-12-29(23-28)42-30-16-17-32-31-13-6-8-15-34(31)41(35(32)24-30)36-22-27(18-19-38-36)37(2,3)4;/h5-22H,1-4H3;/q-2;. The minimum Gasteiger partial charge on any atom is -0.510 e. The molecule has 0 saturated carbocycles. The molecule has 216 valence electrons. The molecule has 0 bridgehead atoms. The Bertz CT molecular complexity index is 2080. The maximum absolute atomic E-state index is 6.35. The van der Waals surface area contributed by atoms with Gasteiger partial charge in [-0.2, -0.15) is 18.2 Å². The van der Waals surface area contributed by atoms with E-state index in [0.717, 1.165) is 39.0 Å². The zero-order valence-corrected chi connectivity index (χ0v) is 26.7. The Labute approximate surface area is 266 Å². The van der Waals surface area contributed by atoms with Crippen molar-refractivity contribution in [2.24, 2.45) is 0 Å². The van der Waals surface area contributed by atoms with Crippen molar-refractivity contribution in [3.05, 3.63) is 139 Å². The zero-order chi connectivity index (χ0) is 28.8. The number of pyridine rings is 1. The van der Waals surface area contributed by atoms with E-state index in [0.29, 0.717) is 11.5 Å². The molecular weight excluding hydrogens is 712 g/mol. The molecule has 0 N–H and O–H groups in total. The van der Waals surface area contributed by atoms with Crippen molar-refractivity contribution in [2.45, 2.75) is 33.1 Å². The topological polar surface area (TPSA) is 35.9 Å². The molecule has 7 aromatic rings. The molecule has 0 radical (unpaired) electrons. The van der Waals surface area contributed by atoms with Crippen LogP contribution in [0.15, 0.2) is 110 Å². The van der Waals surface area contributed by atoms with Crippen molar-refractivity contribution in [3.8, 4) is 28.7 Å². The van der Waals surface area contributed by atoms with E-state index in [2.05, 4.69) is 105 Å². The Morgan fingerprint density at radius 3 is 2.44 bits per heavy atom. The Kier molecular flexibility index (Phi) is 7.54. The normalized spacial score (nSPS) is 11.5. The molecule has 7 rings (SSSR count). The minimum atomic E-state index is 0. The van der Waals surface area contributed by atoms with Gasteiger partial charge >= 0.3 is 0 Å². The number of rotatable bonds is 5.